The molecule has 1 aliphatic heterocycles. The number of aromatic nitrogens is 2. The summed E-state index contributed by atoms with van der Waals surface area (Å²) in [6, 6.07) is 7.56. The van der Waals surface area contributed by atoms with Gasteiger partial charge in [-0.25, -0.2) is 4.98 Å². The number of likely N-dealkylation sites (tertiary alicyclic amines) is 1. The lowest BCUT2D eigenvalue weighted by Crippen LogP contribution is -2.27. The number of nitrogens with zero attached hydrogens (tertiary/aromatic N) is 4. The van der Waals surface area contributed by atoms with Crippen molar-refractivity contribution in [3.8, 4) is 0 Å². The van der Waals surface area contributed by atoms with Gasteiger partial charge < -0.3 is 14.4 Å². The van der Waals surface area contributed by atoms with E-state index < -0.39 is 22.7 Å². The fourth-order valence-electron chi connectivity index (χ4n) is 5.64. The van der Waals surface area contributed by atoms with Crippen LogP contribution in [0.3, 0.4) is 0 Å². The van der Waals surface area contributed by atoms with Crippen molar-refractivity contribution in [2.45, 2.75) is 64.1 Å². The highest BCUT2D eigenvalue weighted by Crippen LogP contribution is 2.31. The van der Waals surface area contributed by atoms with Crippen LogP contribution in [0.1, 0.15) is 70.7 Å². The van der Waals surface area contributed by atoms with E-state index >= 15 is 0 Å². The number of halogens is 3. The maximum Gasteiger partial charge on any atom is 0.455 e. The molecule has 9 nitrogen and oxygen atoms in total. The lowest BCUT2D eigenvalue weighted by Gasteiger charge is -2.19. The number of carbonyl (C=O) groups excluding carboxylic acids is 4. The first kappa shape index (κ1) is 29.7. The van der Waals surface area contributed by atoms with Gasteiger partial charge in [0.25, 0.3) is 11.7 Å². The van der Waals surface area contributed by atoms with Gasteiger partial charge in [-0.1, -0.05) is 12.8 Å². The lowest BCUT2D eigenvalue weighted by molar-refractivity contribution is -0.127. The minimum atomic E-state index is -5.04. The van der Waals surface area contributed by atoms with Crippen molar-refractivity contribution in [3.05, 3.63) is 40.1 Å². The molecule has 0 radical (unpaired) electrons. The van der Waals surface area contributed by atoms with Crippen LogP contribution in [0.4, 0.5) is 24.8 Å². The molecule has 0 bridgehead atoms. The third-order valence-electron chi connectivity index (χ3n) is 7.95. The van der Waals surface area contributed by atoms with Crippen molar-refractivity contribution in [1.29, 1.82) is 0 Å². The van der Waals surface area contributed by atoms with Crippen LogP contribution in [0.15, 0.2) is 30.3 Å². The number of anilines is 2. The Morgan fingerprint density at radius 3 is 2.50 bits per heavy atom. The number of Topliss-reactive ketones (excluding diaryl/α,β-unsaturated/α-hetero) is 1. The highest BCUT2D eigenvalue weighted by molar-refractivity contribution is 7.16. The summed E-state index contributed by atoms with van der Waals surface area (Å²) in [5, 5.41) is 2.68. The minimum Gasteiger partial charge on any atom is -0.343 e. The molecule has 224 valence electrons. The number of aryl methyl sites for hydroxylation is 1. The third kappa shape index (κ3) is 6.50. The molecule has 0 unspecified atom stereocenters. The van der Waals surface area contributed by atoms with Crippen molar-refractivity contribution >= 4 is 57.5 Å². The number of ketones is 1. The first-order valence-corrected chi connectivity index (χ1v) is 14.9. The first-order chi connectivity index (χ1) is 20.0. The van der Waals surface area contributed by atoms with Crippen LogP contribution in [-0.4, -0.2) is 64.3 Å². The van der Waals surface area contributed by atoms with E-state index in [0.29, 0.717) is 72.9 Å². The zero-order valence-corrected chi connectivity index (χ0v) is 24.0. The van der Waals surface area contributed by atoms with Gasteiger partial charge in [0.2, 0.25) is 17.8 Å². The zero-order valence-electron chi connectivity index (χ0n) is 23.2. The Balaban J connectivity index is 1.38. The monoisotopic (exact) mass is 603 g/mol. The summed E-state index contributed by atoms with van der Waals surface area (Å²) in [5.74, 6) is -2.00. The predicted molar refractivity (Wildman–Crippen MR) is 153 cm³/mol. The molecule has 1 saturated heterocycles. The summed E-state index contributed by atoms with van der Waals surface area (Å²) in [5.41, 5.74) is 1.88. The maximum absolute atomic E-state index is 13.0. The maximum atomic E-state index is 13.0. The highest BCUT2D eigenvalue weighted by Gasteiger charge is 2.40. The summed E-state index contributed by atoms with van der Waals surface area (Å²) in [6.07, 6.45) is 1.81. The summed E-state index contributed by atoms with van der Waals surface area (Å²) in [4.78, 5) is 57.0. The van der Waals surface area contributed by atoms with Crippen molar-refractivity contribution < 1.29 is 32.3 Å². The van der Waals surface area contributed by atoms with E-state index in [1.807, 2.05) is 12.1 Å². The Bertz CT molecular complexity index is 1510. The molecule has 0 atom stereocenters. The van der Waals surface area contributed by atoms with Gasteiger partial charge in [-0.3, -0.25) is 24.5 Å². The Morgan fingerprint density at radius 1 is 1.07 bits per heavy atom. The van der Waals surface area contributed by atoms with Crippen LogP contribution in [0, 0.1) is 5.92 Å². The number of nitrogens with one attached hydrogen (secondary N) is 1. The minimum absolute atomic E-state index is 0.0198. The lowest BCUT2D eigenvalue weighted by atomic mass is 10.0. The van der Waals surface area contributed by atoms with Crippen LogP contribution >= 0.6 is 11.3 Å². The van der Waals surface area contributed by atoms with E-state index in [0.717, 1.165) is 38.2 Å². The van der Waals surface area contributed by atoms with E-state index in [1.165, 1.54) is 6.07 Å². The molecule has 1 aliphatic carbocycles. The number of hydrogen-bond donors (Lipinski definition) is 1. The molecule has 3 heterocycles. The molecule has 42 heavy (non-hydrogen) atoms. The first-order valence-electron chi connectivity index (χ1n) is 14.1. The SMILES string of the molecule is CN(C(=O)CC1CCCC1)c1ccc2c(c1)nc(NC(=O)c1ccc(C(=O)C(F)(F)F)s1)n2CCCN1CCCC1=O. The van der Waals surface area contributed by atoms with Crippen LogP contribution in [0.2, 0.25) is 0 Å². The molecule has 1 saturated carbocycles. The molecule has 0 spiro atoms. The number of imidazole rings is 1. The van der Waals surface area contributed by atoms with Gasteiger partial charge in [0, 0.05) is 45.2 Å². The highest BCUT2D eigenvalue weighted by atomic mass is 32.1. The summed E-state index contributed by atoms with van der Waals surface area (Å²) < 4.78 is 40.3. The van der Waals surface area contributed by atoms with Gasteiger partial charge in [0.05, 0.1) is 20.8 Å². The van der Waals surface area contributed by atoms with Crippen LogP contribution in [0.5, 0.6) is 0 Å². The summed E-state index contributed by atoms with van der Waals surface area (Å²) >= 11 is 0.458. The second-order valence-corrected chi connectivity index (χ2v) is 11.9. The van der Waals surface area contributed by atoms with Crippen LogP contribution in [0.25, 0.3) is 11.0 Å². The third-order valence-corrected chi connectivity index (χ3v) is 9.03. The Kier molecular flexibility index (Phi) is 8.67. The second-order valence-electron chi connectivity index (χ2n) is 10.9. The number of benzene rings is 1. The number of carbonyl (C=O) groups is 4. The number of thiophene rings is 1. The van der Waals surface area contributed by atoms with E-state index in [9.17, 15) is 32.3 Å². The molecule has 2 aliphatic rings. The number of rotatable bonds is 10. The van der Waals surface area contributed by atoms with E-state index in [2.05, 4.69) is 10.3 Å². The molecule has 5 rings (SSSR count). The smallest absolute Gasteiger partial charge is 0.343 e. The topological polar surface area (TPSA) is 105 Å². The molecule has 3 aromatic rings. The van der Waals surface area contributed by atoms with E-state index in [4.69, 9.17) is 0 Å². The number of hydrogen-bond acceptors (Lipinski definition) is 6. The molecule has 2 fully saturated rings. The summed E-state index contributed by atoms with van der Waals surface area (Å²) in [7, 11) is 1.72. The van der Waals surface area contributed by atoms with Crippen LogP contribution < -0.4 is 10.2 Å². The molecule has 1 aromatic carbocycles. The average Bonchev–Trinajstić information content (AvgIpc) is 3.76. The van der Waals surface area contributed by atoms with Gasteiger partial charge in [-0.15, -0.1) is 11.3 Å². The van der Waals surface area contributed by atoms with Crippen molar-refractivity contribution in [2.75, 3.05) is 30.4 Å². The van der Waals surface area contributed by atoms with Gasteiger partial charge in [-0.2, -0.15) is 13.2 Å². The number of alkyl halides is 3. The second kappa shape index (κ2) is 12.2. The van der Waals surface area contributed by atoms with Gasteiger partial charge >= 0.3 is 6.18 Å². The van der Waals surface area contributed by atoms with Gasteiger partial charge in [0.15, 0.2) is 0 Å². The fraction of sp³-hybridized carbons (Fsp3) is 0.483. The predicted octanol–water partition coefficient (Wildman–Crippen LogP) is 5.65. The van der Waals surface area contributed by atoms with Crippen molar-refractivity contribution in [3.63, 3.8) is 0 Å². The molecule has 2 aromatic heterocycles. The Morgan fingerprint density at radius 2 is 1.81 bits per heavy atom. The molecule has 3 amide bonds. The molecule has 13 heteroatoms. The van der Waals surface area contributed by atoms with Gasteiger partial charge in [-0.05, 0) is 61.9 Å². The van der Waals surface area contributed by atoms with Crippen molar-refractivity contribution in [2.24, 2.45) is 5.92 Å². The number of fused-ring (bicyclic) bond motifs is 1. The quantitative estimate of drug-likeness (QED) is 0.302. The van der Waals surface area contributed by atoms with E-state index in [-0.39, 0.29) is 22.6 Å². The average molecular weight is 604 g/mol. The summed E-state index contributed by atoms with van der Waals surface area (Å²) in [6.45, 7) is 1.65. The standard InChI is InChI=1S/C29H32F3N5O4S/c1-35(25(39)16-18-6-2-3-7-18)19-9-10-21-20(17-19)33-28(37(21)15-5-14-36-13-4-8-24(36)38)34-27(41)23-12-11-22(42-23)26(40)29(30,31)32/h9-12,17-18H,2-8,13-16H2,1H3,(H,33,34,41). The van der Waals surface area contributed by atoms with E-state index in [1.54, 1.807) is 27.5 Å². The van der Waals surface area contributed by atoms with Crippen molar-refractivity contribution in [1.82, 2.24) is 14.5 Å². The molecular formula is C29H32F3N5O4S. The Hall–Kier alpha value is -3.74. The fourth-order valence-corrected chi connectivity index (χ4v) is 6.50. The molecule has 1 N–H and O–H groups in total. The zero-order chi connectivity index (χ0) is 30.0. The number of amides is 3. The molecular weight excluding hydrogens is 571 g/mol. The van der Waals surface area contributed by atoms with Gasteiger partial charge in [0.1, 0.15) is 0 Å². The normalized spacial score (nSPS) is 16.0. The largest absolute Gasteiger partial charge is 0.455 e. The van der Waals surface area contributed by atoms with Crippen LogP contribution in [-0.2, 0) is 16.1 Å². The Labute approximate surface area is 244 Å².